The lowest BCUT2D eigenvalue weighted by molar-refractivity contribution is 1.18. The van der Waals surface area contributed by atoms with Crippen LogP contribution in [-0.2, 0) is 0 Å². The van der Waals surface area contributed by atoms with Crippen LogP contribution in [0.2, 0.25) is 0 Å². The van der Waals surface area contributed by atoms with E-state index in [1.54, 1.807) is 0 Å². The average Bonchev–Trinajstić information content (AvgIpc) is 3.11. The summed E-state index contributed by atoms with van der Waals surface area (Å²) in [5.74, 6) is 0.676. The number of nitrogens with zero attached hydrogens (tertiary/aromatic N) is 3. The Labute approximate surface area is 262 Å². The van der Waals surface area contributed by atoms with Gasteiger partial charge in [-0.05, 0) is 82.1 Å². The second kappa shape index (κ2) is 11.3. The molecule has 0 atom stereocenters. The van der Waals surface area contributed by atoms with Gasteiger partial charge in [-0.3, -0.25) is 4.98 Å². The Morgan fingerprint density at radius 3 is 1.49 bits per heavy atom. The molecule has 2 heterocycles. The topological polar surface area (TPSA) is 38.7 Å². The fourth-order valence-electron chi connectivity index (χ4n) is 6.17. The molecule has 0 bridgehead atoms. The fourth-order valence-corrected chi connectivity index (χ4v) is 6.17. The summed E-state index contributed by atoms with van der Waals surface area (Å²) >= 11 is 0. The van der Waals surface area contributed by atoms with Crippen LogP contribution >= 0.6 is 0 Å². The molecule has 0 unspecified atom stereocenters. The highest BCUT2D eigenvalue weighted by Gasteiger charge is 2.17. The van der Waals surface area contributed by atoms with Crippen molar-refractivity contribution < 1.29 is 0 Å². The molecule has 45 heavy (non-hydrogen) atoms. The Morgan fingerprint density at radius 2 is 0.889 bits per heavy atom. The van der Waals surface area contributed by atoms with Gasteiger partial charge < -0.3 is 0 Å². The summed E-state index contributed by atoms with van der Waals surface area (Å²) in [5, 5.41) is 4.84. The number of rotatable bonds is 5. The van der Waals surface area contributed by atoms with Gasteiger partial charge in [0.05, 0.1) is 17.1 Å². The molecule has 0 amide bonds. The van der Waals surface area contributed by atoms with Crippen molar-refractivity contribution in [2.45, 2.75) is 6.92 Å². The summed E-state index contributed by atoms with van der Waals surface area (Å²) in [6, 6.07) is 55.1. The van der Waals surface area contributed by atoms with Crippen LogP contribution in [0.5, 0.6) is 0 Å². The number of pyridine rings is 1. The lowest BCUT2D eigenvalue weighted by atomic mass is 9.89. The Morgan fingerprint density at radius 1 is 0.356 bits per heavy atom. The summed E-state index contributed by atoms with van der Waals surface area (Å²) in [6.07, 6.45) is 0. The predicted octanol–water partition coefficient (Wildman–Crippen LogP) is 10.8. The van der Waals surface area contributed by atoms with Gasteiger partial charge in [0.2, 0.25) is 0 Å². The number of fused-ring (bicyclic) bond motifs is 2. The van der Waals surface area contributed by atoms with Gasteiger partial charge in [-0.2, -0.15) is 0 Å². The highest BCUT2D eigenvalue weighted by Crippen LogP contribution is 2.40. The summed E-state index contributed by atoms with van der Waals surface area (Å²) in [6.45, 7) is 2.03. The van der Waals surface area contributed by atoms with Crippen molar-refractivity contribution in [3.05, 3.63) is 163 Å². The summed E-state index contributed by atoms with van der Waals surface area (Å²) in [7, 11) is 0. The molecule has 0 aliphatic heterocycles. The third-order valence-electron chi connectivity index (χ3n) is 8.30. The minimum Gasteiger partial charge on any atom is -0.253 e. The average molecular weight is 576 g/mol. The lowest BCUT2D eigenvalue weighted by Crippen LogP contribution is -1.97. The maximum atomic E-state index is 5.18. The zero-order chi connectivity index (χ0) is 30.2. The first-order valence-electron chi connectivity index (χ1n) is 15.2. The van der Waals surface area contributed by atoms with Crippen molar-refractivity contribution in [3.8, 4) is 56.3 Å². The Bertz CT molecular complexity index is 2210. The van der Waals surface area contributed by atoms with E-state index in [4.69, 9.17) is 15.0 Å². The standard InChI is InChI=1S/C42H29N3/c1-28-13-12-22-38(43-28)33-24-34(41-36-20-10-8-18-31(36)23-32-19-9-11-21-37(32)41)26-35(25-33)42-44-39(29-14-4-2-5-15-29)27-40(45-42)30-16-6-3-7-17-30/h2-27H,1H3. The fraction of sp³-hybridized carbons (Fsp3) is 0.0238. The molecule has 0 aliphatic rings. The molecule has 2 aromatic heterocycles. The van der Waals surface area contributed by atoms with Crippen LogP contribution in [-0.4, -0.2) is 15.0 Å². The molecule has 0 radical (unpaired) electrons. The highest BCUT2D eigenvalue weighted by atomic mass is 14.9. The molecule has 6 aromatic carbocycles. The van der Waals surface area contributed by atoms with Gasteiger partial charge >= 0.3 is 0 Å². The molecule has 0 saturated carbocycles. The van der Waals surface area contributed by atoms with E-state index in [0.717, 1.165) is 50.6 Å². The molecule has 212 valence electrons. The van der Waals surface area contributed by atoms with Crippen molar-refractivity contribution in [3.63, 3.8) is 0 Å². The molecule has 0 saturated heterocycles. The Hall–Kier alpha value is -5.93. The molecule has 0 spiro atoms. The van der Waals surface area contributed by atoms with Gasteiger partial charge in [-0.15, -0.1) is 0 Å². The minimum atomic E-state index is 0.676. The second-order valence-corrected chi connectivity index (χ2v) is 11.4. The summed E-state index contributed by atoms with van der Waals surface area (Å²) in [4.78, 5) is 15.3. The molecular weight excluding hydrogens is 546 g/mol. The lowest BCUT2D eigenvalue weighted by Gasteiger charge is -2.16. The largest absolute Gasteiger partial charge is 0.253 e. The number of aromatic nitrogens is 3. The maximum absolute atomic E-state index is 5.18. The van der Waals surface area contributed by atoms with Crippen molar-refractivity contribution >= 4 is 21.5 Å². The number of benzene rings is 6. The molecule has 3 nitrogen and oxygen atoms in total. The van der Waals surface area contributed by atoms with Gasteiger partial charge in [0, 0.05) is 27.9 Å². The van der Waals surface area contributed by atoms with Crippen molar-refractivity contribution in [1.29, 1.82) is 0 Å². The van der Waals surface area contributed by atoms with Crippen molar-refractivity contribution in [2.75, 3.05) is 0 Å². The van der Waals surface area contributed by atoms with E-state index in [-0.39, 0.29) is 0 Å². The van der Waals surface area contributed by atoms with Crippen molar-refractivity contribution in [2.24, 2.45) is 0 Å². The summed E-state index contributed by atoms with van der Waals surface area (Å²) in [5.41, 5.74) is 10.0. The molecule has 0 fully saturated rings. The quantitative estimate of drug-likeness (QED) is 0.192. The number of aryl methyl sites for hydroxylation is 1. The first-order chi connectivity index (χ1) is 22.2. The zero-order valence-electron chi connectivity index (χ0n) is 24.9. The van der Waals surface area contributed by atoms with E-state index in [2.05, 4.69) is 115 Å². The summed E-state index contributed by atoms with van der Waals surface area (Å²) < 4.78 is 0. The van der Waals surface area contributed by atoms with Gasteiger partial charge in [0.25, 0.3) is 0 Å². The third kappa shape index (κ3) is 5.15. The van der Waals surface area contributed by atoms with Crippen LogP contribution in [0.25, 0.3) is 77.8 Å². The smallest absolute Gasteiger partial charge is 0.160 e. The number of hydrogen-bond acceptors (Lipinski definition) is 3. The second-order valence-electron chi connectivity index (χ2n) is 11.4. The van der Waals surface area contributed by atoms with Crippen LogP contribution in [0, 0.1) is 6.92 Å². The SMILES string of the molecule is Cc1cccc(-c2cc(-c3nc(-c4ccccc4)cc(-c4ccccc4)n3)cc(-c3c4ccccc4cc4ccccc34)c2)n1. The Balaban J connectivity index is 1.44. The molecule has 0 aliphatic carbocycles. The Kier molecular flexibility index (Phi) is 6.69. The van der Waals surface area contributed by atoms with E-state index in [9.17, 15) is 0 Å². The van der Waals surface area contributed by atoms with Gasteiger partial charge in [0.15, 0.2) is 5.82 Å². The van der Waals surface area contributed by atoms with E-state index in [1.165, 1.54) is 27.1 Å². The minimum absolute atomic E-state index is 0.676. The predicted molar refractivity (Wildman–Crippen MR) is 187 cm³/mol. The van der Waals surface area contributed by atoms with E-state index in [1.807, 2.05) is 49.4 Å². The van der Waals surface area contributed by atoms with Crippen molar-refractivity contribution in [1.82, 2.24) is 15.0 Å². The monoisotopic (exact) mass is 575 g/mol. The molecular formula is C42H29N3. The number of hydrogen-bond donors (Lipinski definition) is 0. The van der Waals surface area contributed by atoms with Crippen LogP contribution in [0.15, 0.2) is 158 Å². The molecule has 8 rings (SSSR count). The van der Waals surface area contributed by atoms with E-state index >= 15 is 0 Å². The van der Waals surface area contributed by atoms with Gasteiger partial charge in [-0.1, -0.05) is 115 Å². The molecule has 3 heteroatoms. The van der Waals surface area contributed by atoms with Crippen LogP contribution in [0.3, 0.4) is 0 Å². The van der Waals surface area contributed by atoms with Crippen LogP contribution in [0.1, 0.15) is 5.69 Å². The normalized spacial score (nSPS) is 11.2. The zero-order valence-corrected chi connectivity index (χ0v) is 24.9. The van der Waals surface area contributed by atoms with Gasteiger partial charge in [0.1, 0.15) is 0 Å². The first kappa shape index (κ1) is 26.7. The molecule has 0 N–H and O–H groups in total. The third-order valence-corrected chi connectivity index (χ3v) is 8.30. The van der Waals surface area contributed by atoms with Crippen LogP contribution in [0.4, 0.5) is 0 Å². The highest BCUT2D eigenvalue weighted by molar-refractivity contribution is 6.13. The van der Waals surface area contributed by atoms with E-state index in [0.29, 0.717) is 5.82 Å². The maximum Gasteiger partial charge on any atom is 0.160 e. The van der Waals surface area contributed by atoms with Crippen LogP contribution < -0.4 is 0 Å². The molecule has 8 aromatic rings. The van der Waals surface area contributed by atoms with Gasteiger partial charge in [-0.25, -0.2) is 9.97 Å². The first-order valence-corrected chi connectivity index (χ1v) is 15.2. The van der Waals surface area contributed by atoms with E-state index < -0.39 is 0 Å².